The molecule has 0 N–H and O–H groups in total. The molecule has 2 rings (SSSR count). The van der Waals surface area contributed by atoms with E-state index in [1.165, 1.54) is 20.3 Å². The number of carbonyl (C=O) groups is 1. The molecule has 0 spiro atoms. The Morgan fingerprint density at radius 3 is 2.74 bits per heavy atom. The molecule has 1 heterocycles. The van der Waals surface area contributed by atoms with Crippen molar-refractivity contribution in [1.29, 1.82) is 0 Å². The summed E-state index contributed by atoms with van der Waals surface area (Å²) in [6.07, 6.45) is 0. The van der Waals surface area contributed by atoms with Crippen molar-refractivity contribution in [2.45, 2.75) is 13.5 Å². The van der Waals surface area contributed by atoms with E-state index >= 15 is 0 Å². The van der Waals surface area contributed by atoms with E-state index in [0.29, 0.717) is 16.5 Å². The molecule has 0 aliphatic carbocycles. The molecule has 0 aliphatic heterocycles. The van der Waals surface area contributed by atoms with E-state index in [1.807, 2.05) is 25.1 Å². The summed E-state index contributed by atoms with van der Waals surface area (Å²) in [4.78, 5) is 15.9. The molecule has 0 saturated carbocycles. The molecule has 0 radical (unpaired) electrons. The zero-order chi connectivity index (χ0) is 17.0. The summed E-state index contributed by atoms with van der Waals surface area (Å²) in [7, 11) is 2.70. The van der Waals surface area contributed by atoms with Gasteiger partial charge in [-0.1, -0.05) is 33.6 Å². The fourth-order valence-corrected chi connectivity index (χ4v) is 2.47. The van der Waals surface area contributed by atoms with Crippen molar-refractivity contribution in [1.82, 2.24) is 4.98 Å². The lowest BCUT2D eigenvalue weighted by Gasteiger charge is -2.13. The number of esters is 1. The standard InChI is InChI=1S/C16H15BrClNO4/c1-9-11(17)5-4-6-14(9)23-8-13-12(18)7-10(16(20)22-3)15(19-13)21-2/h4-7H,8H2,1-3H3. The maximum absolute atomic E-state index is 11.7. The Hall–Kier alpha value is -1.79. The lowest BCUT2D eigenvalue weighted by Crippen LogP contribution is -2.09. The van der Waals surface area contributed by atoms with Crippen molar-refractivity contribution in [3.05, 3.63) is 50.6 Å². The monoisotopic (exact) mass is 399 g/mol. The van der Waals surface area contributed by atoms with Crippen LogP contribution in [-0.4, -0.2) is 25.2 Å². The van der Waals surface area contributed by atoms with Gasteiger partial charge in [-0.25, -0.2) is 9.78 Å². The van der Waals surface area contributed by atoms with Gasteiger partial charge in [0, 0.05) is 10.0 Å². The average molecular weight is 401 g/mol. The van der Waals surface area contributed by atoms with Gasteiger partial charge in [0.2, 0.25) is 5.88 Å². The minimum absolute atomic E-state index is 0.144. The highest BCUT2D eigenvalue weighted by Gasteiger charge is 2.18. The van der Waals surface area contributed by atoms with Crippen LogP contribution in [0.15, 0.2) is 28.7 Å². The van der Waals surface area contributed by atoms with E-state index in [-0.39, 0.29) is 18.1 Å². The van der Waals surface area contributed by atoms with Crippen molar-refractivity contribution >= 4 is 33.5 Å². The van der Waals surface area contributed by atoms with Crippen molar-refractivity contribution in [3.63, 3.8) is 0 Å². The molecule has 7 heteroatoms. The number of hydrogen-bond donors (Lipinski definition) is 0. The number of halogens is 2. The van der Waals surface area contributed by atoms with Crippen LogP contribution >= 0.6 is 27.5 Å². The van der Waals surface area contributed by atoms with Crippen LogP contribution in [0.5, 0.6) is 11.6 Å². The first kappa shape index (κ1) is 17.6. The van der Waals surface area contributed by atoms with Crippen molar-refractivity contribution in [2.24, 2.45) is 0 Å². The Balaban J connectivity index is 2.27. The largest absolute Gasteiger partial charge is 0.487 e. The minimum atomic E-state index is -0.563. The molecule has 2 aromatic rings. The second-order valence-corrected chi connectivity index (χ2v) is 5.88. The third kappa shape index (κ3) is 3.95. The van der Waals surface area contributed by atoms with E-state index < -0.39 is 5.97 Å². The van der Waals surface area contributed by atoms with E-state index in [9.17, 15) is 4.79 Å². The molecule has 0 atom stereocenters. The second-order valence-electron chi connectivity index (χ2n) is 4.62. The number of rotatable bonds is 5. The first-order chi connectivity index (χ1) is 11.0. The van der Waals surface area contributed by atoms with Gasteiger partial charge in [0.15, 0.2) is 0 Å². The summed E-state index contributed by atoms with van der Waals surface area (Å²) in [5.74, 6) is 0.297. The highest BCUT2D eigenvalue weighted by atomic mass is 79.9. The van der Waals surface area contributed by atoms with Crippen LogP contribution in [0.25, 0.3) is 0 Å². The van der Waals surface area contributed by atoms with Gasteiger partial charge >= 0.3 is 5.97 Å². The Labute approximate surface area is 147 Å². The molecule has 0 aliphatic rings. The third-order valence-electron chi connectivity index (χ3n) is 3.19. The van der Waals surface area contributed by atoms with Crippen LogP contribution in [0.3, 0.4) is 0 Å². The molecule has 0 fully saturated rings. The Bertz CT molecular complexity index is 736. The van der Waals surface area contributed by atoms with Gasteiger partial charge in [0.05, 0.1) is 19.2 Å². The van der Waals surface area contributed by atoms with E-state index in [1.54, 1.807) is 0 Å². The van der Waals surface area contributed by atoms with Crippen molar-refractivity contribution < 1.29 is 19.0 Å². The predicted octanol–water partition coefficient (Wildman–Crippen LogP) is 4.18. The number of methoxy groups -OCH3 is 2. The van der Waals surface area contributed by atoms with Crippen LogP contribution in [0.4, 0.5) is 0 Å². The summed E-state index contributed by atoms with van der Waals surface area (Å²) >= 11 is 9.63. The van der Waals surface area contributed by atoms with Gasteiger partial charge in [-0.2, -0.15) is 0 Å². The van der Waals surface area contributed by atoms with Crippen LogP contribution < -0.4 is 9.47 Å². The first-order valence-electron chi connectivity index (χ1n) is 6.67. The summed E-state index contributed by atoms with van der Waals surface area (Å²) in [6.45, 7) is 2.09. The highest BCUT2D eigenvalue weighted by Crippen LogP contribution is 2.28. The Kier molecular flexibility index (Phi) is 5.85. The first-order valence-corrected chi connectivity index (χ1v) is 7.84. The lowest BCUT2D eigenvalue weighted by atomic mass is 10.2. The molecule has 0 amide bonds. The summed E-state index contributed by atoms with van der Waals surface area (Å²) in [5.41, 5.74) is 1.61. The predicted molar refractivity (Wildman–Crippen MR) is 90.3 cm³/mol. The van der Waals surface area contributed by atoms with Crippen molar-refractivity contribution in [3.8, 4) is 11.6 Å². The summed E-state index contributed by atoms with van der Waals surface area (Å²) < 4.78 is 16.5. The number of benzene rings is 1. The molecular weight excluding hydrogens is 386 g/mol. The molecule has 0 bridgehead atoms. The maximum atomic E-state index is 11.7. The van der Waals surface area contributed by atoms with Crippen molar-refractivity contribution in [2.75, 3.05) is 14.2 Å². The number of carbonyl (C=O) groups excluding carboxylic acids is 1. The summed E-state index contributed by atoms with van der Waals surface area (Å²) in [5, 5.41) is 0.304. The molecule has 0 unspecified atom stereocenters. The Morgan fingerprint density at radius 2 is 2.09 bits per heavy atom. The molecule has 5 nitrogen and oxygen atoms in total. The van der Waals surface area contributed by atoms with Crippen LogP contribution in [-0.2, 0) is 11.3 Å². The topological polar surface area (TPSA) is 57.7 Å². The normalized spacial score (nSPS) is 10.3. The lowest BCUT2D eigenvalue weighted by molar-refractivity contribution is 0.0596. The van der Waals surface area contributed by atoms with E-state index in [4.69, 9.17) is 21.1 Å². The summed E-state index contributed by atoms with van der Waals surface area (Å²) in [6, 6.07) is 7.13. The zero-order valence-corrected chi connectivity index (χ0v) is 15.2. The molecule has 122 valence electrons. The molecule has 23 heavy (non-hydrogen) atoms. The number of hydrogen-bond acceptors (Lipinski definition) is 5. The smallest absolute Gasteiger partial charge is 0.343 e. The number of nitrogens with zero attached hydrogens (tertiary/aromatic N) is 1. The van der Waals surface area contributed by atoms with Crippen LogP contribution in [0, 0.1) is 6.92 Å². The average Bonchev–Trinajstić information content (AvgIpc) is 2.56. The molecule has 1 aromatic carbocycles. The van der Waals surface area contributed by atoms with Crippen LogP contribution in [0.1, 0.15) is 21.6 Å². The quantitative estimate of drug-likeness (QED) is 0.705. The van der Waals surface area contributed by atoms with E-state index in [0.717, 1.165) is 10.0 Å². The molecule has 1 aromatic heterocycles. The van der Waals surface area contributed by atoms with Gasteiger partial charge in [-0.3, -0.25) is 0 Å². The number of ether oxygens (including phenoxy) is 3. The number of aromatic nitrogens is 1. The van der Waals surface area contributed by atoms with Gasteiger partial charge in [-0.15, -0.1) is 0 Å². The number of pyridine rings is 1. The molecular formula is C16H15BrClNO4. The fourth-order valence-electron chi connectivity index (χ4n) is 1.91. The second kappa shape index (κ2) is 7.66. The van der Waals surface area contributed by atoms with Gasteiger partial charge in [0.25, 0.3) is 0 Å². The van der Waals surface area contributed by atoms with Gasteiger partial charge < -0.3 is 14.2 Å². The van der Waals surface area contributed by atoms with Gasteiger partial charge in [-0.05, 0) is 25.1 Å². The zero-order valence-electron chi connectivity index (χ0n) is 12.9. The fraction of sp³-hybridized carbons (Fsp3) is 0.250. The van der Waals surface area contributed by atoms with E-state index in [2.05, 4.69) is 25.7 Å². The minimum Gasteiger partial charge on any atom is -0.487 e. The molecule has 0 saturated heterocycles. The highest BCUT2D eigenvalue weighted by molar-refractivity contribution is 9.10. The Morgan fingerprint density at radius 1 is 1.35 bits per heavy atom. The third-order valence-corrected chi connectivity index (χ3v) is 4.38. The maximum Gasteiger partial charge on any atom is 0.343 e. The van der Waals surface area contributed by atoms with Crippen LogP contribution in [0.2, 0.25) is 5.02 Å². The SMILES string of the molecule is COC(=O)c1cc(Cl)c(COc2cccc(Br)c2C)nc1OC. The van der Waals surface area contributed by atoms with Gasteiger partial charge in [0.1, 0.15) is 23.6 Å².